The molecular weight excluding hydrogens is 269 g/mol. The maximum atomic E-state index is 13.0. The highest BCUT2D eigenvalue weighted by molar-refractivity contribution is 5.67. The van der Waals surface area contributed by atoms with E-state index in [9.17, 15) is 9.18 Å². The van der Waals surface area contributed by atoms with Gasteiger partial charge in [-0.2, -0.15) is 0 Å². The first-order chi connectivity index (χ1) is 9.73. The molecule has 116 valence electrons. The van der Waals surface area contributed by atoms with Gasteiger partial charge in [-0.05, 0) is 44.9 Å². The van der Waals surface area contributed by atoms with E-state index in [0.29, 0.717) is 13.0 Å². The summed E-state index contributed by atoms with van der Waals surface area (Å²) >= 11 is 0. The second-order valence-electron chi connectivity index (χ2n) is 6.13. The zero-order chi connectivity index (χ0) is 16.0. The number of rotatable bonds is 5. The van der Waals surface area contributed by atoms with Crippen LogP contribution in [0.2, 0.25) is 0 Å². The molecular formula is C17H24FNO2. The largest absolute Gasteiger partial charge is 0.444 e. The van der Waals surface area contributed by atoms with Gasteiger partial charge in [0.25, 0.3) is 0 Å². The predicted molar refractivity (Wildman–Crippen MR) is 82.8 cm³/mol. The van der Waals surface area contributed by atoms with E-state index in [0.717, 1.165) is 5.56 Å². The summed E-state index contributed by atoms with van der Waals surface area (Å²) in [7, 11) is 1.70. The Morgan fingerprint density at radius 2 is 1.95 bits per heavy atom. The molecule has 3 nitrogen and oxygen atoms in total. The average Bonchev–Trinajstić information content (AvgIpc) is 2.37. The lowest BCUT2D eigenvalue weighted by Gasteiger charge is -2.27. The van der Waals surface area contributed by atoms with Crippen LogP contribution < -0.4 is 0 Å². The van der Waals surface area contributed by atoms with Crippen molar-refractivity contribution in [2.24, 2.45) is 0 Å². The monoisotopic (exact) mass is 293 g/mol. The summed E-state index contributed by atoms with van der Waals surface area (Å²) in [6, 6.07) is 6.34. The van der Waals surface area contributed by atoms with E-state index in [4.69, 9.17) is 4.74 Å². The van der Waals surface area contributed by atoms with Gasteiger partial charge in [0.1, 0.15) is 11.4 Å². The van der Waals surface area contributed by atoms with Crippen molar-refractivity contribution >= 4 is 6.09 Å². The van der Waals surface area contributed by atoms with Crippen LogP contribution in [0.1, 0.15) is 38.7 Å². The summed E-state index contributed by atoms with van der Waals surface area (Å²) < 4.78 is 18.3. The number of halogens is 1. The van der Waals surface area contributed by atoms with E-state index < -0.39 is 5.60 Å². The standard InChI is InChI=1S/C17H24FNO2/c1-6-7-14(13-8-10-15(18)11-9-13)12-19(5)16(20)21-17(2,3)4/h6,8-11,14H,1,7,12H2,2-5H3/t14-/m1/s1. The molecule has 0 aliphatic carbocycles. The fourth-order valence-electron chi connectivity index (χ4n) is 2.00. The first kappa shape index (κ1) is 17.2. The molecule has 0 fully saturated rings. The quantitative estimate of drug-likeness (QED) is 0.755. The molecule has 0 spiro atoms. The lowest BCUT2D eigenvalue weighted by atomic mass is 9.95. The van der Waals surface area contributed by atoms with Crippen molar-refractivity contribution in [2.75, 3.05) is 13.6 Å². The van der Waals surface area contributed by atoms with E-state index in [2.05, 4.69) is 6.58 Å². The van der Waals surface area contributed by atoms with Crippen molar-refractivity contribution in [1.82, 2.24) is 4.90 Å². The molecule has 4 heteroatoms. The topological polar surface area (TPSA) is 29.5 Å². The molecule has 0 N–H and O–H groups in total. The number of amides is 1. The zero-order valence-electron chi connectivity index (χ0n) is 13.2. The van der Waals surface area contributed by atoms with Crippen LogP contribution in [-0.4, -0.2) is 30.2 Å². The van der Waals surface area contributed by atoms with Gasteiger partial charge in [-0.25, -0.2) is 9.18 Å². The molecule has 0 saturated heterocycles. The number of carbonyl (C=O) groups is 1. The van der Waals surface area contributed by atoms with Crippen LogP contribution in [0.3, 0.4) is 0 Å². The minimum absolute atomic E-state index is 0.0700. The number of nitrogens with zero attached hydrogens (tertiary/aromatic N) is 1. The molecule has 1 rings (SSSR count). The van der Waals surface area contributed by atoms with E-state index in [-0.39, 0.29) is 17.8 Å². The summed E-state index contributed by atoms with van der Waals surface area (Å²) in [6.45, 7) is 9.74. The minimum atomic E-state index is -0.519. The number of hydrogen-bond acceptors (Lipinski definition) is 2. The van der Waals surface area contributed by atoms with Crippen LogP contribution in [-0.2, 0) is 4.74 Å². The Morgan fingerprint density at radius 3 is 2.43 bits per heavy atom. The van der Waals surface area contributed by atoms with Gasteiger partial charge < -0.3 is 9.64 Å². The lowest BCUT2D eigenvalue weighted by molar-refractivity contribution is 0.0289. The van der Waals surface area contributed by atoms with Crippen molar-refractivity contribution in [3.8, 4) is 0 Å². The number of allylic oxidation sites excluding steroid dienone is 1. The highest BCUT2D eigenvalue weighted by Crippen LogP contribution is 2.22. The van der Waals surface area contributed by atoms with Crippen molar-refractivity contribution in [3.63, 3.8) is 0 Å². The van der Waals surface area contributed by atoms with Gasteiger partial charge in [0, 0.05) is 19.5 Å². The van der Waals surface area contributed by atoms with Gasteiger partial charge in [0.05, 0.1) is 0 Å². The van der Waals surface area contributed by atoms with E-state index in [1.807, 2.05) is 20.8 Å². The molecule has 0 aliphatic rings. The molecule has 0 heterocycles. The molecule has 1 atom stereocenters. The Kier molecular flexibility index (Phi) is 5.94. The SMILES string of the molecule is C=CC[C@H](CN(C)C(=O)OC(C)(C)C)c1ccc(F)cc1. The van der Waals surface area contributed by atoms with Crippen LogP contribution in [0.15, 0.2) is 36.9 Å². The van der Waals surface area contributed by atoms with Crippen LogP contribution in [0.25, 0.3) is 0 Å². The van der Waals surface area contributed by atoms with Gasteiger partial charge >= 0.3 is 6.09 Å². The predicted octanol–water partition coefficient (Wildman–Crippen LogP) is 4.35. The van der Waals surface area contributed by atoms with Gasteiger partial charge in [0.15, 0.2) is 0 Å². The molecule has 0 saturated carbocycles. The normalized spacial score (nSPS) is 12.6. The van der Waals surface area contributed by atoms with Gasteiger partial charge in [-0.15, -0.1) is 6.58 Å². The average molecular weight is 293 g/mol. The first-order valence-corrected chi connectivity index (χ1v) is 7.03. The molecule has 1 aromatic rings. The Labute approximate surface area is 126 Å². The van der Waals surface area contributed by atoms with Gasteiger partial charge in [-0.1, -0.05) is 18.2 Å². The van der Waals surface area contributed by atoms with E-state index in [1.165, 1.54) is 12.1 Å². The Bertz CT molecular complexity index is 477. The lowest BCUT2D eigenvalue weighted by Crippen LogP contribution is -2.36. The number of ether oxygens (including phenoxy) is 1. The molecule has 0 bridgehead atoms. The minimum Gasteiger partial charge on any atom is -0.444 e. The number of benzene rings is 1. The number of carbonyl (C=O) groups excluding carboxylic acids is 1. The molecule has 1 aromatic carbocycles. The third-order valence-corrected chi connectivity index (χ3v) is 2.99. The molecule has 1 amide bonds. The maximum absolute atomic E-state index is 13.0. The smallest absolute Gasteiger partial charge is 0.410 e. The second-order valence-corrected chi connectivity index (χ2v) is 6.13. The Balaban J connectivity index is 2.76. The van der Waals surface area contributed by atoms with Gasteiger partial charge in [0.2, 0.25) is 0 Å². The van der Waals surface area contributed by atoms with Crippen molar-refractivity contribution in [3.05, 3.63) is 48.3 Å². The molecule has 0 aliphatic heterocycles. The summed E-state index contributed by atoms with van der Waals surface area (Å²) in [6.07, 6.45) is 2.15. The second kappa shape index (κ2) is 7.25. The van der Waals surface area contributed by atoms with Crippen LogP contribution in [0.5, 0.6) is 0 Å². The highest BCUT2D eigenvalue weighted by Gasteiger charge is 2.22. The number of likely N-dealkylation sites (N-methyl/N-ethyl adjacent to an activating group) is 1. The van der Waals surface area contributed by atoms with Crippen LogP contribution in [0, 0.1) is 5.82 Å². The Morgan fingerprint density at radius 1 is 1.38 bits per heavy atom. The molecule has 21 heavy (non-hydrogen) atoms. The molecule has 0 aromatic heterocycles. The van der Waals surface area contributed by atoms with Gasteiger partial charge in [-0.3, -0.25) is 0 Å². The summed E-state index contributed by atoms with van der Waals surface area (Å²) in [4.78, 5) is 13.5. The Hall–Kier alpha value is -1.84. The zero-order valence-corrected chi connectivity index (χ0v) is 13.2. The first-order valence-electron chi connectivity index (χ1n) is 7.03. The van der Waals surface area contributed by atoms with Crippen LogP contribution >= 0.6 is 0 Å². The fourth-order valence-corrected chi connectivity index (χ4v) is 2.00. The number of hydrogen-bond donors (Lipinski definition) is 0. The van der Waals surface area contributed by atoms with Crippen molar-refractivity contribution < 1.29 is 13.9 Å². The molecule has 0 radical (unpaired) electrons. The van der Waals surface area contributed by atoms with Crippen LogP contribution in [0.4, 0.5) is 9.18 Å². The third kappa shape index (κ3) is 5.98. The van der Waals surface area contributed by atoms with E-state index >= 15 is 0 Å². The maximum Gasteiger partial charge on any atom is 0.410 e. The summed E-state index contributed by atoms with van der Waals surface area (Å²) in [5.74, 6) is -0.197. The van der Waals surface area contributed by atoms with Crippen molar-refractivity contribution in [2.45, 2.75) is 38.7 Å². The third-order valence-electron chi connectivity index (χ3n) is 2.99. The molecule has 0 unspecified atom stereocenters. The summed E-state index contributed by atoms with van der Waals surface area (Å²) in [5, 5.41) is 0. The van der Waals surface area contributed by atoms with Crippen molar-refractivity contribution in [1.29, 1.82) is 0 Å². The fraction of sp³-hybridized carbons (Fsp3) is 0.471. The van der Waals surface area contributed by atoms with E-state index in [1.54, 1.807) is 30.2 Å². The highest BCUT2D eigenvalue weighted by atomic mass is 19.1. The summed E-state index contributed by atoms with van der Waals surface area (Å²) in [5.41, 5.74) is 0.460.